The van der Waals surface area contributed by atoms with Crippen molar-refractivity contribution in [3.8, 4) is 6.07 Å². The van der Waals surface area contributed by atoms with Crippen LogP contribution in [0.5, 0.6) is 0 Å². The molecule has 86 valence electrons. The maximum absolute atomic E-state index is 13.3. The van der Waals surface area contributed by atoms with Crippen LogP contribution in [0.4, 0.5) is 8.78 Å². The standard InChI is InChI=1S/C12H14F2N2/c1-2-16(8-4-7-15)9-10-11(13)5-3-6-12(10)14/h3,5-6H,2,4,8-9H2,1H3. The first kappa shape index (κ1) is 12.6. The SMILES string of the molecule is CCN(CCC#N)Cc1c(F)cccc1F. The highest BCUT2D eigenvalue weighted by Gasteiger charge is 2.11. The Hall–Kier alpha value is -1.47. The number of halogens is 2. The molecule has 0 saturated heterocycles. The van der Waals surface area contributed by atoms with E-state index in [-0.39, 0.29) is 12.1 Å². The number of hydrogen-bond donors (Lipinski definition) is 0. The molecule has 1 aromatic carbocycles. The van der Waals surface area contributed by atoms with Crippen LogP contribution in [-0.2, 0) is 6.54 Å². The van der Waals surface area contributed by atoms with Gasteiger partial charge in [-0.15, -0.1) is 0 Å². The maximum Gasteiger partial charge on any atom is 0.130 e. The van der Waals surface area contributed by atoms with Gasteiger partial charge < -0.3 is 0 Å². The van der Waals surface area contributed by atoms with Crippen molar-refractivity contribution in [3.63, 3.8) is 0 Å². The predicted octanol–water partition coefficient (Wildman–Crippen LogP) is 2.70. The molecule has 1 aromatic rings. The third-order valence-electron chi connectivity index (χ3n) is 2.43. The summed E-state index contributed by atoms with van der Waals surface area (Å²) in [5.74, 6) is -1.06. The quantitative estimate of drug-likeness (QED) is 0.768. The summed E-state index contributed by atoms with van der Waals surface area (Å²) in [6.07, 6.45) is 0.365. The third-order valence-corrected chi connectivity index (χ3v) is 2.43. The highest BCUT2D eigenvalue weighted by molar-refractivity contribution is 5.19. The zero-order chi connectivity index (χ0) is 12.0. The molecule has 0 unspecified atom stereocenters. The second-order valence-corrected chi connectivity index (χ2v) is 3.48. The van der Waals surface area contributed by atoms with Gasteiger partial charge in [0.05, 0.1) is 6.07 Å². The summed E-state index contributed by atoms with van der Waals surface area (Å²) in [6, 6.07) is 5.86. The molecule has 2 nitrogen and oxygen atoms in total. The molecule has 0 saturated carbocycles. The zero-order valence-electron chi connectivity index (χ0n) is 9.21. The van der Waals surface area contributed by atoms with Gasteiger partial charge in [-0.1, -0.05) is 13.0 Å². The van der Waals surface area contributed by atoms with Crippen molar-refractivity contribution in [1.29, 1.82) is 5.26 Å². The molecule has 0 aliphatic heterocycles. The van der Waals surface area contributed by atoms with Crippen molar-refractivity contribution in [2.24, 2.45) is 0 Å². The van der Waals surface area contributed by atoms with E-state index in [2.05, 4.69) is 0 Å². The average Bonchev–Trinajstić information content (AvgIpc) is 2.28. The lowest BCUT2D eigenvalue weighted by atomic mass is 10.2. The summed E-state index contributed by atoms with van der Waals surface area (Å²) < 4.78 is 26.7. The van der Waals surface area contributed by atoms with E-state index < -0.39 is 11.6 Å². The van der Waals surface area contributed by atoms with Gasteiger partial charge in [0.2, 0.25) is 0 Å². The number of nitrogens with zero attached hydrogens (tertiary/aromatic N) is 2. The predicted molar refractivity (Wildman–Crippen MR) is 57.5 cm³/mol. The van der Waals surface area contributed by atoms with E-state index in [9.17, 15) is 8.78 Å². The monoisotopic (exact) mass is 224 g/mol. The second kappa shape index (κ2) is 6.19. The topological polar surface area (TPSA) is 27.0 Å². The normalized spacial score (nSPS) is 10.4. The van der Waals surface area contributed by atoms with E-state index in [0.29, 0.717) is 19.5 Å². The van der Waals surface area contributed by atoms with Crippen molar-refractivity contribution in [1.82, 2.24) is 4.90 Å². The van der Waals surface area contributed by atoms with Crippen LogP contribution in [0.1, 0.15) is 18.9 Å². The molecule has 0 bridgehead atoms. The van der Waals surface area contributed by atoms with Crippen LogP contribution in [0.2, 0.25) is 0 Å². The molecule has 0 amide bonds. The molecule has 0 aromatic heterocycles. The van der Waals surface area contributed by atoms with Gasteiger partial charge in [-0.05, 0) is 18.7 Å². The largest absolute Gasteiger partial charge is 0.298 e. The summed E-state index contributed by atoms with van der Waals surface area (Å²) in [5.41, 5.74) is 0.0716. The molecule has 0 aliphatic rings. The zero-order valence-corrected chi connectivity index (χ0v) is 9.21. The van der Waals surface area contributed by atoms with Crippen LogP contribution >= 0.6 is 0 Å². The number of benzene rings is 1. The van der Waals surface area contributed by atoms with E-state index in [1.165, 1.54) is 18.2 Å². The van der Waals surface area contributed by atoms with Gasteiger partial charge in [0.25, 0.3) is 0 Å². The summed E-state index contributed by atoms with van der Waals surface area (Å²) >= 11 is 0. The number of nitriles is 1. The van der Waals surface area contributed by atoms with Gasteiger partial charge in [-0.3, -0.25) is 4.90 Å². The van der Waals surface area contributed by atoms with E-state index in [1.807, 2.05) is 17.9 Å². The molecule has 16 heavy (non-hydrogen) atoms. The molecule has 0 atom stereocenters. The van der Waals surface area contributed by atoms with Gasteiger partial charge in [-0.25, -0.2) is 8.78 Å². The van der Waals surface area contributed by atoms with Crippen LogP contribution < -0.4 is 0 Å². The molecule has 0 N–H and O–H groups in total. The molecular weight excluding hydrogens is 210 g/mol. The van der Waals surface area contributed by atoms with Crippen molar-refractivity contribution in [2.45, 2.75) is 19.9 Å². The Kier molecular flexibility index (Phi) is 4.87. The lowest BCUT2D eigenvalue weighted by Crippen LogP contribution is -2.25. The number of rotatable bonds is 5. The van der Waals surface area contributed by atoms with E-state index in [4.69, 9.17) is 5.26 Å². The highest BCUT2D eigenvalue weighted by atomic mass is 19.1. The fraction of sp³-hybridized carbons (Fsp3) is 0.417. The highest BCUT2D eigenvalue weighted by Crippen LogP contribution is 2.14. The Balaban J connectivity index is 2.74. The molecule has 4 heteroatoms. The average molecular weight is 224 g/mol. The first-order valence-corrected chi connectivity index (χ1v) is 5.21. The van der Waals surface area contributed by atoms with Gasteiger partial charge in [0.1, 0.15) is 11.6 Å². The summed E-state index contributed by atoms with van der Waals surface area (Å²) in [4.78, 5) is 1.84. The summed E-state index contributed by atoms with van der Waals surface area (Å²) in [6.45, 7) is 3.29. The lowest BCUT2D eigenvalue weighted by Gasteiger charge is -2.19. The maximum atomic E-state index is 13.3. The van der Waals surface area contributed by atoms with Crippen molar-refractivity contribution >= 4 is 0 Å². The van der Waals surface area contributed by atoms with Crippen molar-refractivity contribution < 1.29 is 8.78 Å². The van der Waals surface area contributed by atoms with E-state index >= 15 is 0 Å². The van der Waals surface area contributed by atoms with Crippen LogP contribution in [0.15, 0.2) is 18.2 Å². The van der Waals surface area contributed by atoms with Crippen LogP contribution in [-0.4, -0.2) is 18.0 Å². The summed E-state index contributed by atoms with van der Waals surface area (Å²) in [5, 5.41) is 8.46. The number of hydrogen-bond acceptors (Lipinski definition) is 2. The van der Waals surface area contributed by atoms with Crippen molar-refractivity contribution in [3.05, 3.63) is 35.4 Å². The fourth-order valence-electron chi connectivity index (χ4n) is 1.46. The lowest BCUT2D eigenvalue weighted by molar-refractivity contribution is 0.277. The van der Waals surface area contributed by atoms with E-state index in [0.717, 1.165) is 0 Å². The summed E-state index contributed by atoms with van der Waals surface area (Å²) in [7, 11) is 0. The Bertz CT molecular complexity index is 365. The molecule has 1 rings (SSSR count). The fourth-order valence-corrected chi connectivity index (χ4v) is 1.46. The second-order valence-electron chi connectivity index (χ2n) is 3.48. The first-order valence-electron chi connectivity index (χ1n) is 5.21. The van der Waals surface area contributed by atoms with Crippen LogP contribution in [0.25, 0.3) is 0 Å². The molecule has 0 radical (unpaired) electrons. The molecule has 0 aliphatic carbocycles. The minimum atomic E-state index is -0.532. The van der Waals surface area contributed by atoms with Crippen molar-refractivity contribution in [2.75, 3.05) is 13.1 Å². The Morgan fingerprint density at radius 2 is 1.94 bits per heavy atom. The minimum absolute atomic E-state index is 0.0716. The molecule has 0 heterocycles. The van der Waals surface area contributed by atoms with Gasteiger partial charge in [0, 0.05) is 25.1 Å². The van der Waals surface area contributed by atoms with Crippen LogP contribution in [0.3, 0.4) is 0 Å². The molecule has 0 fully saturated rings. The van der Waals surface area contributed by atoms with Gasteiger partial charge >= 0.3 is 0 Å². The smallest absolute Gasteiger partial charge is 0.130 e. The first-order chi connectivity index (χ1) is 7.69. The van der Waals surface area contributed by atoms with E-state index in [1.54, 1.807) is 0 Å². The Morgan fingerprint density at radius 1 is 1.31 bits per heavy atom. The van der Waals surface area contributed by atoms with Crippen LogP contribution in [0, 0.1) is 23.0 Å². The van der Waals surface area contributed by atoms with Gasteiger partial charge in [-0.2, -0.15) is 5.26 Å². The third kappa shape index (κ3) is 3.28. The minimum Gasteiger partial charge on any atom is -0.298 e. The van der Waals surface area contributed by atoms with Gasteiger partial charge in [0.15, 0.2) is 0 Å². The Morgan fingerprint density at radius 3 is 2.44 bits per heavy atom. The Labute approximate surface area is 94.1 Å². The molecule has 0 spiro atoms. The molecular formula is C12H14F2N2.